The Labute approximate surface area is 371 Å². The molecule has 5 heterocycles. The fourth-order valence-corrected chi connectivity index (χ4v) is 10.3. The van der Waals surface area contributed by atoms with E-state index in [0.717, 1.165) is 87.2 Å². The van der Waals surface area contributed by atoms with Crippen LogP contribution in [0.3, 0.4) is 0 Å². The molecule has 0 bridgehead atoms. The maximum absolute atomic E-state index is 14.0. The van der Waals surface area contributed by atoms with Gasteiger partial charge in [0.2, 0.25) is 0 Å². The number of hydrogen-bond donors (Lipinski definition) is 3. The number of nitrogens with zero attached hydrogens (tertiary/aromatic N) is 5. The van der Waals surface area contributed by atoms with Crippen LogP contribution < -0.4 is 24.4 Å². The minimum atomic E-state index is -4.64. The summed E-state index contributed by atoms with van der Waals surface area (Å²) in [6, 6.07) is 18.8. The van der Waals surface area contributed by atoms with Crippen LogP contribution in [0.25, 0.3) is 16.6 Å². The lowest BCUT2D eigenvalue weighted by molar-refractivity contribution is -0.384. The molecule has 3 N–H and O–H groups in total. The summed E-state index contributed by atoms with van der Waals surface area (Å²) in [7, 11) is -4.64. The summed E-state index contributed by atoms with van der Waals surface area (Å²) in [4.78, 5) is 39.6. The molecule has 2 saturated heterocycles. The van der Waals surface area contributed by atoms with Crippen molar-refractivity contribution in [2.24, 2.45) is 11.3 Å². The van der Waals surface area contributed by atoms with E-state index >= 15 is 0 Å². The number of benzene rings is 3. The number of aromatic nitrogens is 2. The molecule has 4 aliphatic rings. The van der Waals surface area contributed by atoms with Gasteiger partial charge in [0.1, 0.15) is 23.8 Å². The van der Waals surface area contributed by atoms with E-state index in [0.29, 0.717) is 23.9 Å². The van der Waals surface area contributed by atoms with Gasteiger partial charge in [-0.25, -0.2) is 18.1 Å². The van der Waals surface area contributed by atoms with Gasteiger partial charge in [-0.15, -0.1) is 0 Å². The van der Waals surface area contributed by atoms with Gasteiger partial charge in [0, 0.05) is 92.9 Å². The lowest BCUT2D eigenvalue weighted by Gasteiger charge is -2.40. The third-order valence-electron chi connectivity index (χ3n) is 12.5. The van der Waals surface area contributed by atoms with Crippen molar-refractivity contribution in [1.29, 1.82) is 0 Å². The number of fused-ring (bicyclic) bond motifs is 2. The molecular weight excluding hydrogens is 844 g/mol. The van der Waals surface area contributed by atoms with E-state index in [9.17, 15) is 23.3 Å². The molecule has 1 aliphatic carbocycles. The average molecular weight is 895 g/mol. The zero-order valence-electron chi connectivity index (χ0n) is 35.5. The van der Waals surface area contributed by atoms with E-state index in [4.69, 9.17) is 21.1 Å². The van der Waals surface area contributed by atoms with Gasteiger partial charge in [-0.1, -0.05) is 50.1 Å². The number of anilines is 2. The molecule has 17 heteroatoms. The number of carbonyl (C=O) groups is 1. The van der Waals surface area contributed by atoms with Crippen LogP contribution in [-0.2, 0) is 10.0 Å². The third-order valence-corrected chi connectivity index (χ3v) is 14.1. The number of sulfonamides is 1. The molecule has 3 aromatic carbocycles. The SMILES string of the molecule is CC1CN(C[C@H]2COc3cc(S(=O)(=O)NC(=O)c4ccc(N5CCN(CC6=C(c7ccc(Cl)cc7)CC(C)(C)CC6)CC5)cc4Oc4cnc5[nH]ccc5c4)cc([N+](=O)[O-])c3N2)C1. The highest BCUT2D eigenvalue weighted by molar-refractivity contribution is 7.90. The number of pyridine rings is 1. The predicted molar refractivity (Wildman–Crippen MR) is 244 cm³/mol. The van der Waals surface area contributed by atoms with Crippen LogP contribution in [0.2, 0.25) is 5.02 Å². The van der Waals surface area contributed by atoms with Gasteiger partial charge in [-0.2, -0.15) is 0 Å². The lowest BCUT2D eigenvalue weighted by atomic mass is 9.72. The van der Waals surface area contributed by atoms with Crippen LogP contribution in [0.1, 0.15) is 56.0 Å². The molecule has 63 heavy (non-hydrogen) atoms. The minimum Gasteiger partial charge on any atom is -0.489 e. The third kappa shape index (κ3) is 9.35. The number of nitro benzene ring substituents is 1. The standard InChI is InChI=1S/C46H51ClN8O7S/c1-29-24-53(25-29)27-34-28-61-42-21-37(20-40(55(57)58)43(42)50-34)63(59,60)51-45(56)38-9-8-35(19-41(38)62-36-18-31-11-13-48-44(31)49-23-36)54-16-14-52(15-17-54)26-32-10-12-46(2,3)22-39(32)30-4-6-33(47)7-5-30/h4-9,11,13,18-21,23,29,34,50H,10,12,14-17,22,24-28H2,1-3H3,(H,48,49)(H,51,56)/t34-/m0/s1. The highest BCUT2D eigenvalue weighted by Gasteiger charge is 2.35. The van der Waals surface area contributed by atoms with Crippen molar-refractivity contribution in [3.05, 3.63) is 111 Å². The van der Waals surface area contributed by atoms with Crippen LogP contribution in [0.4, 0.5) is 17.1 Å². The van der Waals surface area contributed by atoms with E-state index < -0.39 is 31.4 Å². The van der Waals surface area contributed by atoms with E-state index in [1.807, 2.05) is 18.2 Å². The molecule has 0 unspecified atom stereocenters. The summed E-state index contributed by atoms with van der Waals surface area (Å²) < 4.78 is 42.1. The van der Waals surface area contributed by atoms with Crippen LogP contribution in [0, 0.1) is 21.4 Å². The first-order valence-corrected chi connectivity index (χ1v) is 23.2. The molecule has 0 spiro atoms. The maximum Gasteiger partial charge on any atom is 0.297 e. The molecule has 2 fully saturated rings. The quantitative estimate of drug-likeness (QED) is 0.0816. The molecule has 5 aromatic rings. The number of hydrogen-bond acceptors (Lipinski definition) is 12. The highest BCUT2D eigenvalue weighted by Crippen LogP contribution is 2.44. The summed E-state index contributed by atoms with van der Waals surface area (Å²) in [6.07, 6.45) is 6.47. The van der Waals surface area contributed by atoms with Gasteiger partial charge >= 0.3 is 0 Å². The number of rotatable bonds is 12. The fourth-order valence-electron chi connectivity index (χ4n) is 9.17. The average Bonchev–Trinajstić information content (AvgIpc) is 3.72. The lowest BCUT2D eigenvalue weighted by Crippen LogP contribution is -2.51. The Morgan fingerprint density at radius 3 is 2.57 bits per heavy atom. The fraction of sp³-hybridized carbons (Fsp3) is 0.391. The number of amides is 1. The molecule has 330 valence electrons. The zero-order chi connectivity index (χ0) is 44.0. The van der Waals surface area contributed by atoms with Crippen molar-refractivity contribution in [1.82, 2.24) is 24.5 Å². The number of piperazine rings is 1. The Bertz CT molecular complexity index is 2710. The number of halogens is 1. The van der Waals surface area contributed by atoms with Crippen molar-refractivity contribution >= 4 is 61.2 Å². The van der Waals surface area contributed by atoms with Crippen molar-refractivity contribution < 1.29 is 27.6 Å². The van der Waals surface area contributed by atoms with Crippen LogP contribution >= 0.6 is 11.6 Å². The number of likely N-dealkylation sites (tertiary alicyclic amines) is 1. The number of nitrogens with one attached hydrogen (secondary N) is 3. The zero-order valence-corrected chi connectivity index (χ0v) is 37.1. The molecular formula is C46H51ClN8O7S. The van der Waals surface area contributed by atoms with Gasteiger partial charge in [-0.3, -0.25) is 19.8 Å². The molecule has 0 radical (unpaired) electrons. The van der Waals surface area contributed by atoms with E-state index in [1.165, 1.54) is 29.0 Å². The minimum absolute atomic E-state index is 0.0211. The first-order chi connectivity index (χ1) is 30.2. The number of allylic oxidation sites excluding steroid dienone is 1. The summed E-state index contributed by atoms with van der Waals surface area (Å²) in [5.41, 5.74) is 5.37. The molecule has 0 saturated carbocycles. The van der Waals surface area contributed by atoms with Crippen molar-refractivity contribution in [3.63, 3.8) is 0 Å². The first-order valence-electron chi connectivity index (χ1n) is 21.4. The molecule has 15 nitrogen and oxygen atoms in total. The van der Waals surface area contributed by atoms with Gasteiger partial charge in [-0.05, 0) is 78.1 Å². The van der Waals surface area contributed by atoms with Gasteiger partial charge in [0.25, 0.3) is 21.6 Å². The Morgan fingerprint density at radius 2 is 1.83 bits per heavy atom. The summed E-state index contributed by atoms with van der Waals surface area (Å²) in [6.45, 7) is 13.5. The number of carbonyl (C=O) groups excluding carboxylic acids is 1. The molecule has 3 aliphatic heterocycles. The number of aromatic amines is 1. The first kappa shape index (κ1) is 42.6. The number of H-pyrrole nitrogens is 1. The maximum atomic E-state index is 14.0. The second-order valence-electron chi connectivity index (χ2n) is 18.0. The normalized spacial score (nSPS) is 19.5. The van der Waals surface area contributed by atoms with Gasteiger partial charge in [0.15, 0.2) is 11.4 Å². The Balaban J connectivity index is 0.940. The van der Waals surface area contributed by atoms with Crippen molar-refractivity contribution in [2.45, 2.75) is 51.0 Å². The number of ether oxygens (including phenoxy) is 2. The summed E-state index contributed by atoms with van der Waals surface area (Å²) >= 11 is 6.25. The Morgan fingerprint density at radius 1 is 1.05 bits per heavy atom. The van der Waals surface area contributed by atoms with E-state index in [-0.39, 0.29) is 40.8 Å². The molecule has 1 atom stereocenters. The predicted octanol–water partition coefficient (Wildman–Crippen LogP) is 7.95. The van der Waals surface area contributed by atoms with E-state index in [2.05, 4.69) is 67.6 Å². The smallest absolute Gasteiger partial charge is 0.297 e. The number of nitro groups is 1. The van der Waals surface area contributed by atoms with Crippen molar-refractivity contribution in [3.8, 4) is 17.2 Å². The molecule has 1 amide bonds. The monoisotopic (exact) mass is 894 g/mol. The highest BCUT2D eigenvalue weighted by atomic mass is 35.5. The molecule has 9 rings (SSSR count). The Kier molecular flexibility index (Phi) is 11.6. The van der Waals surface area contributed by atoms with Crippen molar-refractivity contribution in [2.75, 3.05) is 69.2 Å². The Hall–Kier alpha value is -5.68. The second kappa shape index (κ2) is 17.1. The van der Waals surface area contributed by atoms with Gasteiger partial charge < -0.3 is 29.6 Å². The van der Waals surface area contributed by atoms with Crippen LogP contribution in [-0.4, -0.2) is 104 Å². The second-order valence-corrected chi connectivity index (χ2v) is 20.2. The summed E-state index contributed by atoms with van der Waals surface area (Å²) in [5.74, 6) is 0.103. The van der Waals surface area contributed by atoms with Crippen LogP contribution in [0.15, 0.2) is 89.6 Å². The summed E-state index contributed by atoms with van der Waals surface area (Å²) in [5, 5.41) is 17.0. The topological polar surface area (TPSA) is 175 Å². The largest absolute Gasteiger partial charge is 0.489 e. The van der Waals surface area contributed by atoms with Crippen LogP contribution in [0.5, 0.6) is 17.2 Å². The molecule has 2 aromatic heterocycles. The van der Waals surface area contributed by atoms with Gasteiger partial charge in [0.05, 0.1) is 27.6 Å². The van der Waals surface area contributed by atoms with E-state index in [1.54, 1.807) is 30.5 Å².